The Morgan fingerprint density at radius 2 is 1.80 bits per heavy atom. The van der Waals surface area contributed by atoms with Crippen molar-refractivity contribution >= 4 is 22.9 Å². The average molecular weight is 408 g/mol. The van der Waals surface area contributed by atoms with Crippen molar-refractivity contribution in [3.8, 4) is 0 Å². The van der Waals surface area contributed by atoms with Crippen LogP contribution in [0.2, 0.25) is 0 Å². The van der Waals surface area contributed by atoms with Crippen LogP contribution >= 0.6 is 0 Å². The first kappa shape index (κ1) is 20.6. The van der Waals surface area contributed by atoms with Gasteiger partial charge in [0, 0.05) is 6.04 Å². The first-order chi connectivity index (χ1) is 14.1. The minimum atomic E-state index is -1.27. The summed E-state index contributed by atoms with van der Waals surface area (Å²) in [5.74, 6) is 0.207. The van der Waals surface area contributed by atoms with Gasteiger partial charge in [0.15, 0.2) is 0 Å². The van der Waals surface area contributed by atoms with E-state index in [1.54, 1.807) is 20.8 Å². The van der Waals surface area contributed by atoms with Crippen LogP contribution in [0.3, 0.4) is 0 Å². The number of anilines is 1. The molecule has 6 nitrogen and oxygen atoms in total. The van der Waals surface area contributed by atoms with Crippen molar-refractivity contribution in [2.24, 2.45) is 0 Å². The normalized spacial score (nSPS) is 16.8. The molecule has 0 spiro atoms. The van der Waals surface area contributed by atoms with Crippen molar-refractivity contribution < 1.29 is 15.0 Å². The summed E-state index contributed by atoms with van der Waals surface area (Å²) in [7, 11) is 0. The van der Waals surface area contributed by atoms with Gasteiger partial charge in [0.2, 0.25) is 11.9 Å². The van der Waals surface area contributed by atoms with Gasteiger partial charge in [0.25, 0.3) is 0 Å². The van der Waals surface area contributed by atoms with Gasteiger partial charge in [0.1, 0.15) is 0 Å². The molecule has 1 aliphatic carbocycles. The number of nitrogens with zero attached hydrogens (tertiary/aromatic N) is 2. The van der Waals surface area contributed by atoms with Gasteiger partial charge in [-0.05, 0) is 63.3 Å². The van der Waals surface area contributed by atoms with E-state index < -0.39 is 11.2 Å². The van der Waals surface area contributed by atoms with Gasteiger partial charge in [-0.1, -0.05) is 36.4 Å². The predicted molar refractivity (Wildman–Crippen MR) is 117 cm³/mol. The van der Waals surface area contributed by atoms with Crippen LogP contribution in [0.5, 0.6) is 0 Å². The molecule has 3 aromatic rings. The summed E-state index contributed by atoms with van der Waals surface area (Å²) in [5, 5.41) is 24.2. The van der Waals surface area contributed by atoms with E-state index in [0.717, 1.165) is 35.9 Å². The Labute approximate surface area is 176 Å². The molecule has 158 valence electrons. The number of nitrogens with one attached hydrogen (secondary N) is 1. The number of hydrogen-bond donors (Lipinski definition) is 3. The molecule has 1 saturated carbocycles. The zero-order chi connectivity index (χ0) is 21.5. The minimum absolute atomic E-state index is 0.0696. The van der Waals surface area contributed by atoms with E-state index in [4.69, 9.17) is 0 Å². The maximum Gasteiger partial charge on any atom is 0.229 e. The number of carbonyl (C=O) groups is 1. The number of hydrogen-bond acceptors (Lipinski definition) is 4. The number of imidazole rings is 1. The molecule has 4 rings (SSSR count). The third-order valence-electron chi connectivity index (χ3n) is 5.99. The summed E-state index contributed by atoms with van der Waals surface area (Å²) in [6, 6.07) is 15.2. The first-order valence-electron chi connectivity index (χ1n) is 10.5. The number of rotatable bonds is 6. The highest BCUT2D eigenvalue weighted by Crippen LogP contribution is 2.38. The molecule has 30 heavy (non-hydrogen) atoms. The number of fused-ring (bicyclic) bond motifs is 1. The van der Waals surface area contributed by atoms with Crippen molar-refractivity contribution in [1.82, 2.24) is 9.55 Å². The van der Waals surface area contributed by atoms with Gasteiger partial charge in [-0.3, -0.25) is 10.1 Å². The van der Waals surface area contributed by atoms with Crippen LogP contribution in [0.25, 0.3) is 11.0 Å². The Morgan fingerprint density at radius 3 is 2.40 bits per heavy atom. The van der Waals surface area contributed by atoms with E-state index in [1.807, 2.05) is 48.5 Å². The molecule has 0 radical (unpaired) electrons. The fourth-order valence-corrected chi connectivity index (χ4v) is 3.96. The monoisotopic (exact) mass is 407 g/mol. The van der Waals surface area contributed by atoms with Crippen molar-refractivity contribution in [3.63, 3.8) is 0 Å². The van der Waals surface area contributed by atoms with E-state index in [0.29, 0.717) is 11.5 Å². The second-order valence-electron chi connectivity index (χ2n) is 9.02. The summed E-state index contributed by atoms with van der Waals surface area (Å²) in [4.78, 5) is 17.5. The number of amides is 1. The van der Waals surface area contributed by atoms with Gasteiger partial charge in [-0.15, -0.1) is 0 Å². The van der Waals surface area contributed by atoms with E-state index in [9.17, 15) is 15.0 Å². The van der Waals surface area contributed by atoms with Gasteiger partial charge >= 0.3 is 0 Å². The Hall–Kier alpha value is -2.70. The summed E-state index contributed by atoms with van der Waals surface area (Å²) in [6.45, 7) is 5.16. The molecule has 0 bridgehead atoms. The largest absolute Gasteiger partial charge is 0.386 e. The fraction of sp³-hybridized carbons (Fsp3) is 0.417. The summed E-state index contributed by atoms with van der Waals surface area (Å²) >= 11 is 0. The van der Waals surface area contributed by atoms with Gasteiger partial charge < -0.3 is 14.8 Å². The summed E-state index contributed by atoms with van der Waals surface area (Å²) < 4.78 is 2.07. The van der Waals surface area contributed by atoms with E-state index in [-0.39, 0.29) is 18.4 Å². The molecule has 1 aromatic heterocycles. The second-order valence-corrected chi connectivity index (χ2v) is 9.02. The molecule has 0 saturated heterocycles. The maximum atomic E-state index is 12.8. The van der Waals surface area contributed by atoms with Crippen LogP contribution in [-0.2, 0) is 16.0 Å². The molecular weight excluding hydrogens is 378 g/mol. The Balaban J connectivity index is 1.64. The van der Waals surface area contributed by atoms with Gasteiger partial charge in [0.05, 0.1) is 28.7 Å². The quantitative estimate of drug-likeness (QED) is 0.571. The molecule has 3 N–H and O–H groups in total. The number of benzene rings is 2. The van der Waals surface area contributed by atoms with Crippen LogP contribution in [0, 0.1) is 0 Å². The molecular formula is C24H29N3O3. The molecule has 0 aliphatic heterocycles. The smallest absolute Gasteiger partial charge is 0.229 e. The van der Waals surface area contributed by atoms with Crippen LogP contribution in [0.1, 0.15) is 63.6 Å². The van der Waals surface area contributed by atoms with Crippen LogP contribution < -0.4 is 5.32 Å². The highest BCUT2D eigenvalue weighted by atomic mass is 16.3. The summed E-state index contributed by atoms with van der Waals surface area (Å²) in [5.41, 5.74) is 0.959. The Morgan fingerprint density at radius 1 is 1.10 bits per heavy atom. The third kappa shape index (κ3) is 3.98. The lowest BCUT2D eigenvalue weighted by Crippen LogP contribution is -2.30. The van der Waals surface area contributed by atoms with E-state index >= 15 is 0 Å². The lowest BCUT2D eigenvalue weighted by molar-refractivity contribution is -0.120. The topological polar surface area (TPSA) is 87.4 Å². The fourth-order valence-electron chi connectivity index (χ4n) is 3.96. The molecule has 1 atom stereocenters. The highest BCUT2D eigenvalue weighted by molar-refractivity contribution is 5.92. The van der Waals surface area contributed by atoms with E-state index in [2.05, 4.69) is 14.9 Å². The lowest BCUT2D eigenvalue weighted by atomic mass is 9.92. The average Bonchev–Trinajstić information content (AvgIpc) is 2.97. The van der Waals surface area contributed by atoms with Gasteiger partial charge in [-0.2, -0.15) is 0 Å². The third-order valence-corrected chi connectivity index (χ3v) is 5.99. The molecule has 1 aliphatic rings. The van der Waals surface area contributed by atoms with E-state index in [1.165, 1.54) is 0 Å². The van der Waals surface area contributed by atoms with Crippen molar-refractivity contribution in [2.75, 3.05) is 5.32 Å². The zero-order valence-electron chi connectivity index (χ0n) is 17.7. The molecule has 1 amide bonds. The second kappa shape index (κ2) is 7.52. The molecule has 0 unspecified atom stereocenters. The summed E-state index contributed by atoms with van der Waals surface area (Å²) in [6.07, 6.45) is 3.14. The molecule has 6 heteroatoms. The van der Waals surface area contributed by atoms with Crippen molar-refractivity contribution in [1.29, 1.82) is 0 Å². The Kier molecular flexibility index (Phi) is 5.16. The van der Waals surface area contributed by atoms with Crippen LogP contribution in [-0.4, -0.2) is 25.7 Å². The van der Waals surface area contributed by atoms with Crippen LogP contribution in [0.4, 0.5) is 5.95 Å². The zero-order valence-corrected chi connectivity index (χ0v) is 17.7. The highest BCUT2D eigenvalue weighted by Gasteiger charge is 2.30. The first-order valence-corrected chi connectivity index (χ1v) is 10.5. The van der Waals surface area contributed by atoms with Crippen molar-refractivity contribution in [2.45, 2.75) is 63.7 Å². The molecule has 2 aromatic carbocycles. The van der Waals surface area contributed by atoms with Crippen LogP contribution in [0.15, 0.2) is 48.5 Å². The molecule has 1 fully saturated rings. The number of carbonyl (C=O) groups excluding carboxylic acids is 1. The standard InChI is InChI=1S/C24H29N3O3/c1-23(2,29)17-12-13-19-20(14-17)27(18-10-7-11-18)22(25-19)26-21(28)15-24(3,30)16-8-5-4-6-9-16/h4-6,8-9,12-14,18,29-30H,7,10-11,15H2,1-3H3,(H,25,26,28)/t24-/m0/s1. The molecule has 1 heterocycles. The number of aromatic nitrogens is 2. The Bertz CT molecular complexity index is 1060. The minimum Gasteiger partial charge on any atom is -0.386 e. The predicted octanol–water partition coefficient (Wildman–Crippen LogP) is 4.23. The lowest BCUT2D eigenvalue weighted by Gasteiger charge is -2.29. The maximum absolute atomic E-state index is 12.8. The van der Waals surface area contributed by atoms with Crippen molar-refractivity contribution in [3.05, 3.63) is 59.7 Å². The number of aliphatic hydroxyl groups is 2. The van der Waals surface area contributed by atoms with Gasteiger partial charge in [-0.25, -0.2) is 4.98 Å². The SMILES string of the molecule is CC(C)(O)c1ccc2nc(NC(=O)C[C@](C)(O)c3ccccc3)n(C3CCC3)c2c1.